The molecule has 68 valence electrons. The third-order valence-corrected chi connectivity index (χ3v) is 1.70. The van der Waals surface area contributed by atoms with Gasteiger partial charge in [0.05, 0.1) is 0 Å². The maximum absolute atomic E-state index is 11.5. The molecular formula is C8H19NO2. The Morgan fingerprint density at radius 2 is 1.91 bits per heavy atom. The van der Waals surface area contributed by atoms with Crippen molar-refractivity contribution in [1.82, 2.24) is 0 Å². The van der Waals surface area contributed by atoms with E-state index in [4.69, 9.17) is 4.84 Å². The van der Waals surface area contributed by atoms with Crippen LogP contribution in [-0.4, -0.2) is 24.5 Å². The van der Waals surface area contributed by atoms with Gasteiger partial charge in [-0.05, 0) is 20.3 Å². The first-order valence-electron chi connectivity index (χ1n) is 4.41. The summed E-state index contributed by atoms with van der Waals surface area (Å²) in [7, 11) is 0. The van der Waals surface area contributed by atoms with Crippen molar-refractivity contribution in [1.29, 1.82) is 0 Å². The van der Waals surface area contributed by atoms with Crippen molar-refractivity contribution in [2.24, 2.45) is 0 Å². The van der Waals surface area contributed by atoms with Crippen molar-refractivity contribution in [3.05, 3.63) is 5.21 Å². The van der Waals surface area contributed by atoms with E-state index in [2.05, 4.69) is 6.92 Å². The number of unbranched alkanes of at least 4 members (excludes halogenated alkanes) is 1. The molecule has 11 heavy (non-hydrogen) atoms. The summed E-state index contributed by atoms with van der Waals surface area (Å²) < 4.78 is 0. The number of hydroxylamine groups is 4. The lowest BCUT2D eigenvalue weighted by atomic mass is 10.3. The Bertz CT molecular complexity index is 98.1. The van der Waals surface area contributed by atoms with E-state index in [1.807, 2.05) is 13.8 Å². The van der Waals surface area contributed by atoms with Gasteiger partial charge in [-0.2, -0.15) is 0 Å². The van der Waals surface area contributed by atoms with Crippen LogP contribution in [0.3, 0.4) is 0 Å². The smallest absolute Gasteiger partial charge is 0.108 e. The molecule has 0 radical (unpaired) electrons. The Kier molecular flexibility index (Phi) is 5.46. The molecule has 3 nitrogen and oxygen atoms in total. The zero-order valence-corrected chi connectivity index (χ0v) is 7.80. The third-order valence-electron chi connectivity index (χ3n) is 1.70. The van der Waals surface area contributed by atoms with Gasteiger partial charge in [-0.1, -0.05) is 13.3 Å². The quantitative estimate of drug-likeness (QED) is 0.441. The summed E-state index contributed by atoms with van der Waals surface area (Å²) in [5, 5.41) is 11.5. The molecule has 1 atom stereocenters. The predicted molar refractivity (Wildman–Crippen MR) is 45.6 cm³/mol. The van der Waals surface area contributed by atoms with Gasteiger partial charge < -0.3 is 5.21 Å². The van der Waals surface area contributed by atoms with E-state index in [9.17, 15) is 5.21 Å². The molecule has 0 saturated carbocycles. The molecule has 0 fully saturated rings. The van der Waals surface area contributed by atoms with Crippen LogP contribution >= 0.6 is 0 Å². The maximum atomic E-state index is 11.5. The predicted octanol–water partition coefficient (Wildman–Crippen LogP) is 2.07. The average Bonchev–Trinajstić information content (AvgIpc) is 2.02. The van der Waals surface area contributed by atoms with Crippen molar-refractivity contribution in [2.45, 2.75) is 33.6 Å². The Hall–Kier alpha value is -0.120. The van der Waals surface area contributed by atoms with E-state index in [1.165, 1.54) is 0 Å². The molecule has 3 heteroatoms. The number of hydrogen-bond donors (Lipinski definition) is 0. The average molecular weight is 161 g/mol. The van der Waals surface area contributed by atoms with E-state index in [0.717, 1.165) is 12.8 Å². The summed E-state index contributed by atoms with van der Waals surface area (Å²) in [6.45, 7) is 7.38. The van der Waals surface area contributed by atoms with Crippen molar-refractivity contribution >= 4 is 0 Å². The highest BCUT2D eigenvalue weighted by Gasteiger charge is 2.13. The van der Waals surface area contributed by atoms with Gasteiger partial charge >= 0.3 is 0 Å². The van der Waals surface area contributed by atoms with Gasteiger partial charge in [-0.15, -0.1) is 0 Å². The second-order valence-electron chi connectivity index (χ2n) is 2.63. The van der Waals surface area contributed by atoms with E-state index in [0.29, 0.717) is 19.7 Å². The highest BCUT2D eigenvalue weighted by molar-refractivity contribution is 4.34. The second kappa shape index (κ2) is 5.52. The molecule has 0 amide bonds. The molecule has 0 spiro atoms. The number of nitrogens with zero attached hydrogens (tertiary/aromatic N) is 1. The minimum absolute atomic E-state index is 0.482. The highest BCUT2D eigenvalue weighted by Crippen LogP contribution is 2.07. The normalized spacial score (nSPS) is 16.4. The van der Waals surface area contributed by atoms with Crippen molar-refractivity contribution in [3.63, 3.8) is 0 Å². The minimum Gasteiger partial charge on any atom is -0.598 e. The molecule has 0 aliphatic rings. The summed E-state index contributed by atoms with van der Waals surface area (Å²) in [5.41, 5.74) is 0. The Morgan fingerprint density at radius 1 is 1.27 bits per heavy atom. The van der Waals surface area contributed by atoms with E-state index >= 15 is 0 Å². The molecule has 0 rings (SSSR count). The monoisotopic (exact) mass is 161 g/mol. The topological polar surface area (TPSA) is 32.3 Å². The van der Waals surface area contributed by atoms with Crippen LogP contribution in [0.4, 0.5) is 0 Å². The molecule has 1 unspecified atom stereocenters. The molecule has 0 aromatic heterocycles. The largest absolute Gasteiger partial charge is 0.598 e. The van der Waals surface area contributed by atoms with Crippen LogP contribution in [0.2, 0.25) is 0 Å². The van der Waals surface area contributed by atoms with E-state index in [-0.39, 0.29) is 0 Å². The summed E-state index contributed by atoms with van der Waals surface area (Å²) in [6.07, 6.45) is 1.99. The summed E-state index contributed by atoms with van der Waals surface area (Å²) in [6, 6.07) is 0. The number of hydrogen-bond acceptors (Lipinski definition) is 2. The van der Waals surface area contributed by atoms with Crippen molar-refractivity contribution in [3.8, 4) is 0 Å². The van der Waals surface area contributed by atoms with E-state index in [1.54, 1.807) is 0 Å². The maximum Gasteiger partial charge on any atom is 0.108 e. The first kappa shape index (κ1) is 10.9. The third kappa shape index (κ3) is 4.35. The van der Waals surface area contributed by atoms with Crippen LogP contribution in [0, 0.1) is 5.21 Å². The van der Waals surface area contributed by atoms with Crippen LogP contribution < -0.4 is 0 Å². The van der Waals surface area contributed by atoms with Gasteiger partial charge in [0.2, 0.25) is 0 Å². The molecule has 0 bridgehead atoms. The number of quaternary nitrogens is 1. The Labute approximate surface area is 69.1 Å². The second-order valence-corrected chi connectivity index (χ2v) is 2.63. The van der Waals surface area contributed by atoms with E-state index < -0.39 is 4.81 Å². The van der Waals surface area contributed by atoms with Gasteiger partial charge in [0.15, 0.2) is 0 Å². The first-order valence-corrected chi connectivity index (χ1v) is 4.41. The number of rotatable bonds is 6. The summed E-state index contributed by atoms with van der Waals surface area (Å²) >= 11 is 0. The zero-order chi connectivity index (χ0) is 8.74. The molecule has 0 aliphatic heterocycles. The molecule has 0 heterocycles. The molecule has 0 aliphatic carbocycles. The minimum atomic E-state index is -0.482. The highest BCUT2D eigenvalue weighted by atomic mass is 16.9. The van der Waals surface area contributed by atoms with Crippen molar-refractivity contribution < 1.29 is 9.65 Å². The SMILES string of the molecule is CCCC[N+]([O-])(CC)OCC. The van der Waals surface area contributed by atoms with Gasteiger partial charge in [-0.3, -0.25) is 0 Å². The van der Waals surface area contributed by atoms with Gasteiger partial charge in [0.1, 0.15) is 19.7 Å². The van der Waals surface area contributed by atoms with Crippen LogP contribution in [0.1, 0.15) is 33.6 Å². The molecule has 0 aromatic rings. The fourth-order valence-electron chi connectivity index (χ4n) is 0.948. The van der Waals surface area contributed by atoms with Gasteiger partial charge in [0.25, 0.3) is 0 Å². The lowest BCUT2D eigenvalue weighted by molar-refractivity contribution is -1.07. The van der Waals surface area contributed by atoms with Crippen molar-refractivity contribution in [2.75, 3.05) is 19.7 Å². The fraction of sp³-hybridized carbons (Fsp3) is 1.00. The fourth-order valence-corrected chi connectivity index (χ4v) is 0.948. The van der Waals surface area contributed by atoms with Gasteiger partial charge in [-0.25, -0.2) is 9.65 Å². The molecule has 0 saturated heterocycles. The summed E-state index contributed by atoms with van der Waals surface area (Å²) in [4.78, 5) is 4.58. The molecule has 0 aromatic carbocycles. The van der Waals surface area contributed by atoms with Crippen LogP contribution in [0.15, 0.2) is 0 Å². The summed E-state index contributed by atoms with van der Waals surface area (Å²) in [5.74, 6) is 0. The Morgan fingerprint density at radius 3 is 2.27 bits per heavy atom. The lowest BCUT2D eigenvalue weighted by Gasteiger charge is -2.37. The zero-order valence-electron chi connectivity index (χ0n) is 7.80. The van der Waals surface area contributed by atoms with Crippen LogP contribution in [0.5, 0.6) is 0 Å². The standard InChI is InChI=1S/C8H19NO2/c1-4-7-8-9(10,5-2)11-6-3/h4-8H2,1-3H3. The molecule has 0 N–H and O–H groups in total. The first-order chi connectivity index (χ1) is 5.18. The molecular weight excluding hydrogens is 142 g/mol. The van der Waals surface area contributed by atoms with Gasteiger partial charge in [0, 0.05) is 0 Å². The lowest BCUT2D eigenvalue weighted by Crippen LogP contribution is -2.42. The van der Waals surface area contributed by atoms with Crippen LogP contribution in [0.25, 0.3) is 0 Å². The van der Waals surface area contributed by atoms with Crippen LogP contribution in [-0.2, 0) is 4.84 Å². The Balaban J connectivity index is 3.68.